The molecule has 0 radical (unpaired) electrons. The molecule has 3 nitrogen and oxygen atoms in total. The molecule has 0 saturated heterocycles. The van der Waals surface area contributed by atoms with Crippen molar-refractivity contribution in [3.63, 3.8) is 0 Å². The smallest absolute Gasteiger partial charge is 0.221 e. The van der Waals surface area contributed by atoms with E-state index in [1.165, 1.54) is 0 Å². The highest BCUT2D eigenvalue weighted by atomic mass is 16.1. The normalized spacial score (nSPS) is 13.2. The van der Waals surface area contributed by atoms with Crippen molar-refractivity contribution in [3.05, 3.63) is 0 Å². The van der Waals surface area contributed by atoms with Crippen LogP contribution < -0.4 is 10.9 Å². The van der Waals surface area contributed by atoms with Gasteiger partial charge >= 0.3 is 0 Å². The zero-order valence-electron chi connectivity index (χ0n) is 6.85. The van der Waals surface area contributed by atoms with Gasteiger partial charge < -0.3 is 0 Å². The zero-order chi connectivity index (χ0) is 7.98. The van der Waals surface area contributed by atoms with E-state index in [1.54, 1.807) is 0 Å². The van der Waals surface area contributed by atoms with Gasteiger partial charge in [-0.15, -0.1) is 0 Å². The van der Waals surface area contributed by atoms with Crippen LogP contribution in [0.15, 0.2) is 0 Å². The molecule has 3 heteroatoms. The summed E-state index contributed by atoms with van der Waals surface area (Å²) in [6.45, 7) is 6.32. The summed E-state index contributed by atoms with van der Waals surface area (Å²) in [5.74, 6) is 0.553. The van der Waals surface area contributed by atoms with E-state index in [2.05, 4.69) is 31.6 Å². The molecule has 0 bridgehead atoms. The van der Waals surface area contributed by atoms with E-state index in [9.17, 15) is 4.79 Å². The van der Waals surface area contributed by atoms with Crippen LogP contribution >= 0.6 is 0 Å². The predicted octanol–water partition coefficient (Wildman–Crippen LogP) is 0.672. The topological polar surface area (TPSA) is 41.1 Å². The molecule has 0 saturated carbocycles. The van der Waals surface area contributed by atoms with Crippen LogP contribution in [0.25, 0.3) is 0 Å². The summed E-state index contributed by atoms with van der Waals surface area (Å²) in [6, 6.07) is 0.380. The van der Waals surface area contributed by atoms with Crippen molar-refractivity contribution in [1.29, 1.82) is 0 Å². The molecule has 0 aromatic heterocycles. The van der Waals surface area contributed by atoms with Crippen LogP contribution in [0.1, 0.15) is 27.2 Å². The number of carbonyl (C=O) groups is 1. The predicted molar refractivity (Wildman–Crippen MR) is 41.3 cm³/mol. The molecule has 0 aromatic carbocycles. The van der Waals surface area contributed by atoms with E-state index < -0.39 is 0 Å². The average molecular weight is 144 g/mol. The van der Waals surface area contributed by atoms with E-state index >= 15 is 0 Å². The summed E-state index contributed by atoms with van der Waals surface area (Å²) >= 11 is 0. The monoisotopic (exact) mass is 144 g/mol. The van der Waals surface area contributed by atoms with Crippen LogP contribution in [-0.4, -0.2) is 12.5 Å². The second-order valence-corrected chi connectivity index (χ2v) is 2.67. The Morgan fingerprint density at radius 3 is 2.40 bits per heavy atom. The molecule has 0 aromatic rings. The van der Waals surface area contributed by atoms with Crippen LogP contribution in [0.5, 0.6) is 0 Å². The van der Waals surface area contributed by atoms with E-state index in [4.69, 9.17) is 0 Å². The maximum Gasteiger partial charge on any atom is 0.221 e. The van der Waals surface area contributed by atoms with Gasteiger partial charge in [0, 0.05) is 6.04 Å². The van der Waals surface area contributed by atoms with Gasteiger partial charge in [-0.2, -0.15) is 0 Å². The van der Waals surface area contributed by atoms with Gasteiger partial charge in [0.05, 0.1) is 0 Å². The maximum absolute atomic E-state index is 9.87. The zero-order valence-corrected chi connectivity index (χ0v) is 6.85. The highest BCUT2D eigenvalue weighted by molar-refractivity contribution is 5.44. The molecule has 1 atom stereocenters. The molecule has 1 amide bonds. The Hall–Kier alpha value is -0.570. The van der Waals surface area contributed by atoms with E-state index in [0.717, 1.165) is 6.42 Å². The molecule has 1 unspecified atom stereocenters. The molecule has 2 N–H and O–H groups in total. The Morgan fingerprint density at radius 1 is 1.50 bits per heavy atom. The molecular weight excluding hydrogens is 128 g/mol. The van der Waals surface area contributed by atoms with Crippen LogP contribution in [-0.2, 0) is 4.79 Å². The second-order valence-electron chi connectivity index (χ2n) is 2.67. The number of hydrazine groups is 1. The van der Waals surface area contributed by atoms with Gasteiger partial charge in [-0.3, -0.25) is 10.2 Å². The Bertz CT molecular complexity index is 93.6. The van der Waals surface area contributed by atoms with Crippen molar-refractivity contribution in [3.8, 4) is 0 Å². The number of hydrogen-bond donors (Lipinski definition) is 2. The lowest BCUT2D eigenvalue weighted by Gasteiger charge is -2.19. The van der Waals surface area contributed by atoms with Crippen molar-refractivity contribution in [2.45, 2.75) is 33.2 Å². The summed E-state index contributed by atoms with van der Waals surface area (Å²) in [7, 11) is 0. The van der Waals surface area contributed by atoms with Gasteiger partial charge in [-0.05, 0) is 12.3 Å². The fraction of sp³-hybridized carbons (Fsp3) is 0.857. The fourth-order valence-corrected chi connectivity index (χ4v) is 0.881. The highest BCUT2D eigenvalue weighted by Gasteiger charge is 2.08. The van der Waals surface area contributed by atoms with Crippen molar-refractivity contribution in [2.75, 3.05) is 0 Å². The number of hydrogen-bond acceptors (Lipinski definition) is 2. The quantitative estimate of drug-likeness (QED) is 0.440. The first-order valence-corrected chi connectivity index (χ1v) is 3.67. The third-order valence-corrected chi connectivity index (χ3v) is 1.57. The molecule has 0 spiro atoms. The first kappa shape index (κ1) is 9.43. The third kappa shape index (κ3) is 3.45. The average Bonchev–Trinajstić information content (AvgIpc) is 1.89. The lowest BCUT2D eigenvalue weighted by Crippen LogP contribution is -2.42. The van der Waals surface area contributed by atoms with Gasteiger partial charge in [0.1, 0.15) is 0 Å². The SMILES string of the molecule is CCC(NNC=O)C(C)C. The van der Waals surface area contributed by atoms with Gasteiger partial charge in [0.25, 0.3) is 0 Å². The first-order chi connectivity index (χ1) is 4.72. The molecule has 0 aliphatic rings. The Kier molecular flexibility index (Phi) is 4.94. The van der Waals surface area contributed by atoms with Crippen LogP contribution in [0.4, 0.5) is 0 Å². The van der Waals surface area contributed by atoms with Crippen molar-refractivity contribution in [2.24, 2.45) is 5.92 Å². The van der Waals surface area contributed by atoms with Gasteiger partial charge in [-0.25, -0.2) is 5.43 Å². The third-order valence-electron chi connectivity index (χ3n) is 1.57. The highest BCUT2D eigenvalue weighted by Crippen LogP contribution is 2.03. The molecule has 0 aliphatic heterocycles. The van der Waals surface area contributed by atoms with E-state index in [1.807, 2.05) is 0 Å². The van der Waals surface area contributed by atoms with Crippen LogP contribution in [0.2, 0.25) is 0 Å². The van der Waals surface area contributed by atoms with Crippen molar-refractivity contribution in [1.82, 2.24) is 10.9 Å². The van der Waals surface area contributed by atoms with Gasteiger partial charge in [0.2, 0.25) is 6.41 Å². The minimum atomic E-state index is 0.380. The molecule has 0 aliphatic carbocycles. The summed E-state index contributed by atoms with van der Waals surface area (Å²) in [6.07, 6.45) is 1.68. The van der Waals surface area contributed by atoms with Crippen molar-refractivity contribution >= 4 is 6.41 Å². The van der Waals surface area contributed by atoms with E-state index in [0.29, 0.717) is 18.4 Å². The molecule has 0 rings (SSSR count). The van der Waals surface area contributed by atoms with E-state index in [-0.39, 0.29) is 0 Å². The number of rotatable bonds is 5. The number of amides is 1. The minimum Gasteiger partial charge on any atom is -0.294 e. The summed E-state index contributed by atoms with van der Waals surface area (Å²) in [5, 5.41) is 0. The van der Waals surface area contributed by atoms with Crippen LogP contribution in [0, 0.1) is 5.92 Å². The maximum atomic E-state index is 9.87. The Morgan fingerprint density at radius 2 is 2.10 bits per heavy atom. The second kappa shape index (κ2) is 5.23. The Balaban J connectivity index is 3.49. The molecule has 0 heterocycles. The molecular formula is C7H16N2O. The summed E-state index contributed by atoms with van der Waals surface area (Å²) < 4.78 is 0. The Labute approximate surface area is 62.2 Å². The molecule has 0 fully saturated rings. The summed E-state index contributed by atoms with van der Waals surface area (Å²) in [4.78, 5) is 9.87. The first-order valence-electron chi connectivity index (χ1n) is 3.67. The van der Waals surface area contributed by atoms with Gasteiger partial charge in [-0.1, -0.05) is 20.8 Å². The standard InChI is InChI=1S/C7H16N2O/c1-4-7(6(2)3)9-8-5-10/h5-7,9H,4H2,1-3H3,(H,8,10). The minimum absolute atomic E-state index is 0.380. The van der Waals surface area contributed by atoms with Gasteiger partial charge in [0.15, 0.2) is 0 Å². The van der Waals surface area contributed by atoms with Crippen molar-refractivity contribution < 1.29 is 4.79 Å². The molecule has 60 valence electrons. The number of nitrogens with one attached hydrogen (secondary N) is 2. The lowest BCUT2D eigenvalue weighted by molar-refractivity contribution is -0.110. The van der Waals surface area contributed by atoms with Crippen LogP contribution in [0.3, 0.4) is 0 Å². The molecule has 10 heavy (non-hydrogen) atoms. The number of carbonyl (C=O) groups excluding carboxylic acids is 1. The summed E-state index contributed by atoms with van der Waals surface area (Å²) in [5.41, 5.74) is 5.35. The fourth-order valence-electron chi connectivity index (χ4n) is 0.881. The lowest BCUT2D eigenvalue weighted by atomic mass is 10.0. The largest absolute Gasteiger partial charge is 0.294 e.